The highest BCUT2D eigenvalue weighted by atomic mass is 16.4. The lowest BCUT2D eigenvalue weighted by Crippen LogP contribution is -2.59. The molecule has 0 fully saturated rings. The number of rotatable bonds is 14. The molecule has 0 radical (unpaired) electrons. The molecule has 0 saturated carbocycles. The Balaban J connectivity index is 5.49. The van der Waals surface area contributed by atoms with Crippen LogP contribution in [0.25, 0.3) is 0 Å². The zero-order chi connectivity index (χ0) is 25.9. The van der Waals surface area contributed by atoms with Crippen LogP contribution < -0.4 is 27.0 Å². The van der Waals surface area contributed by atoms with Gasteiger partial charge in [-0.05, 0) is 31.1 Å². The van der Waals surface area contributed by atoms with Gasteiger partial charge in [0.15, 0.2) is 0 Å². The fraction of sp³-hybridized carbons (Fsp3) is 0.773. The van der Waals surface area contributed by atoms with Gasteiger partial charge < -0.3 is 32.1 Å². The molecule has 33 heavy (non-hydrogen) atoms. The summed E-state index contributed by atoms with van der Waals surface area (Å²) in [5.74, 6) is -3.98. The van der Waals surface area contributed by atoms with Crippen LogP contribution >= 0.6 is 0 Å². The minimum absolute atomic E-state index is 0.0338. The maximum Gasteiger partial charge on any atom is 0.326 e. The van der Waals surface area contributed by atoms with Gasteiger partial charge in [-0.15, -0.1) is 0 Å². The Kier molecular flexibility index (Phi) is 13.3. The molecule has 0 aromatic rings. The molecule has 190 valence electrons. The van der Waals surface area contributed by atoms with E-state index >= 15 is 0 Å². The monoisotopic (exact) mass is 471 g/mol. The van der Waals surface area contributed by atoms with Crippen LogP contribution in [0.5, 0.6) is 0 Å². The first-order valence-corrected chi connectivity index (χ1v) is 11.4. The lowest BCUT2D eigenvalue weighted by molar-refractivity contribution is -0.144. The van der Waals surface area contributed by atoms with Gasteiger partial charge in [0.05, 0.1) is 6.54 Å². The molecular weight excluding hydrogens is 430 g/mol. The molecular formula is C22H41N5O6. The molecule has 0 saturated heterocycles. The van der Waals surface area contributed by atoms with E-state index in [1.807, 2.05) is 20.8 Å². The maximum absolute atomic E-state index is 13.0. The summed E-state index contributed by atoms with van der Waals surface area (Å²) in [7, 11) is 0. The number of carbonyl (C=O) groups excluding carboxylic acids is 4. The highest BCUT2D eigenvalue weighted by molar-refractivity contribution is 5.95. The van der Waals surface area contributed by atoms with Crippen molar-refractivity contribution in [3.05, 3.63) is 0 Å². The van der Waals surface area contributed by atoms with Gasteiger partial charge in [0.25, 0.3) is 0 Å². The molecule has 0 aromatic heterocycles. The number of carboxylic acids is 1. The van der Waals surface area contributed by atoms with Gasteiger partial charge in [0.1, 0.15) is 24.2 Å². The lowest BCUT2D eigenvalue weighted by Gasteiger charge is -2.28. The summed E-state index contributed by atoms with van der Waals surface area (Å²) >= 11 is 0. The van der Waals surface area contributed by atoms with E-state index in [0.717, 1.165) is 0 Å². The van der Waals surface area contributed by atoms with Gasteiger partial charge in [0, 0.05) is 0 Å². The fourth-order valence-electron chi connectivity index (χ4n) is 3.08. The van der Waals surface area contributed by atoms with Gasteiger partial charge in [-0.3, -0.25) is 19.2 Å². The van der Waals surface area contributed by atoms with Crippen molar-refractivity contribution in [2.75, 3.05) is 6.54 Å². The van der Waals surface area contributed by atoms with E-state index in [9.17, 15) is 29.1 Å². The van der Waals surface area contributed by atoms with Crippen molar-refractivity contribution < 1.29 is 29.1 Å². The summed E-state index contributed by atoms with van der Waals surface area (Å²) in [5, 5.41) is 19.7. The molecule has 5 atom stereocenters. The average Bonchev–Trinajstić information content (AvgIpc) is 2.73. The Bertz CT molecular complexity index is 697. The third kappa shape index (κ3) is 10.6. The van der Waals surface area contributed by atoms with Crippen LogP contribution in [0, 0.1) is 17.8 Å². The first-order chi connectivity index (χ1) is 15.2. The lowest BCUT2D eigenvalue weighted by atomic mass is 9.97. The van der Waals surface area contributed by atoms with E-state index in [1.165, 1.54) is 6.92 Å². The van der Waals surface area contributed by atoms with Crippen LogP contribution in [-0.4, -0.2) is 65.4 Å². The number of hydrogen-bond acceptors (Lipinski definition) is 6. The standard InChI is InChI=1S/C22H41N5O6/c1-8-13(6)18(22(32)33)27-20(30)15(9-11(2)3)25-21(31)17(12(4)5)26-19(29)14(7)24-16(28)10-23/h11-15,17-18H,8-10,23H2,1-7H3,(H,24,28)(H,25,31)(H,26,29)(H,27,30)(H,32,33). The first-order valence-electron chi connectivity index (χ1n) is 11.4. The molecule has 0 bridgehead atoms. The second-order valence-corrected chi connectivity index (χ2v) is 9.12. The molecule has 4 amide bonds. The van der Waals surface area contributed by atoms with Crippen molar-refractivity contribution in [3.63, 3.8) is 0 Å². The largest absolute Gasteiger partial charge is 0.480 e. The van der Waals surface area contributed by atoms with E-state index in [-0.39, 0.29) is 30.7 Å². The first kappa shape index (κ1) is 30.3. The van der Waals surface area contributed by atoms with E-state index in [0.29, 0.717) is 6.42 Å². The summed E-state index contributed by atoms with van der Waals surface area (Å²) in [5.41, 5.74) is 5.24. The molecule has 11 heteroatoms. The van der Waals surface area contributed by atoms with Crippen LogP contribution in [0.15, 0.2) is 0 Å². The maximum atomic E-state index is 13.0. The Morgan fingerprint density at radius 1 is 0.788 bits per heavy atom. The third-order valence-corrected chi connectivity index (χ3v) is 5.32. The Labute approximate surface area is 196 Å². The second-order valence-electron chi connectivity index (χ2n) is 9.12. The van der Waals surface area contributed by atoms with Crippen molar-refractivity contribution in [3.8, 4) is 0 Å². The molecule has 7 N–H and O–H groups in total. The second kappa shape index (κ2) is 14.5. The molecule has 0 rings (SSSR count). The molecule has 0 spiro atoms. The Morgan fingerprint density at radius 3 is 1.76 bits per heavy atom. The predicted molar refractivity (Wildman–Crippen MR) is 124 cm³/mol. The number of carboxylic acid groups (broad SMARTS) is 1. The number of hydrogen-bond donors (Lipinski definition) is 6. The normalized spacial score (nSPS) is 15.7. The molecule has 5 unspecified atom stereocenters. The highest BCUT2D eigenvalue weighted by Crippen LogP contribution is 2.12. The van der Waals surface area contributed by atoms with Crippen LogP contribution in [0.1, 0.15) is 61.3 Å². The Morgan fingerprint density at radius 2 is 1.33 bits per heavy atom. The molecule has 0 aliphatic heterocycles. The molecule has 0 heterocycles. The average molecular weight is 472 g/mol. The third-order valence-electron chi connectivity index (χ3n) is 5.32. The van der Waals surface area contributed by atoms with E-state index < -0.39 is 53.8 Å². The molecule has 0 aromatic carbocycles. The smallest absolute Gasteiger partial charge is 0.326 e. The van der Waals surface area contributed by atoms with Gasteiger partial charge in [0.2, 0.25) is 23.6 Å². The number of carbonyl (C=O) groups is 5. The van der Waals surface area contributed by atoms with Gasteiger partial charge in [-0.25, -0.2) is 4.79 Å². The summed E-state index contributed by atoms with van der Waals surface area (Å²) in [6.45, 7) is 12.0. The topological polar surface area (TPSA) is 180 Å². The number of nitrogens with two attached hydrogens (primary N) is 1. The van der Waals surface area contributed by atoms with Crippen molar-refractivity contribution in [2.24, 2.45) is 23.5 Å². The van der Waals surface area contributed by atoms with Crippen molar-refractivity contribution in [2.45, 2.75) is 85.5 Å². The van der Waals surface area contributed by atoms with Crippen molar-refractivity contribution in [1.29, 1.82) is 0 Å². The molecule has 0 aliphatic rings. The number of aliphatic carboxylic acids is 1. The highest BCUT2D eigenvalue weighted by Gasteiger charge is 2.33. The van der Waals surface area contributed by atoms with Crippen LogP contribution in [0.2, 0.25) is 0 Å². The number of amides is 4. The van der Waals surface area contributed by atoms with E-state index in [2.05, 4.69) is 21.3 Å². The summed E-state index contributed by atoms with van der Waals surface area (Å²) in [6.07, 6.45) is 0.838. The minimum Gasteiger partial charge on any atom is -0.480 e. The molecule has 0 aliphatic carbocycles. The van der Waals surface area contributed by atoms with E-state index in [4.69, 9.17) is 5.73 Å². The fourth-order valence-corrected chi connectivity index (χ4v) is 3.08. The van der Waals surface area contributed by atoms with Crippen LogP contribution in [-0.2, 0) is 24.0 Å². The van der Waals surface area contributed by atoms with Crippen LogP contribution in [0.4, 0.5) is 0 Å². The van der Waals surface area contributed by atoms with Crippen molar-refractivity contribution in [1.82, 2.24) is 21.3 Å². The SMILES string of the molecule is CCC(C)C(NC(=O)C(CC(C)C)NC(=O)C(NC(=O)C(C)NC(=O)CN)C(C)C)C(=O)O. The van der Waals surface area contributed by atoms with Gasteiger partial charge >= 0.3 is 5.97 Å². The minimum atomic E-state index is -1.15. The predicted octanol–water partition coefficient (Wildman–Crippen LogP) is -0.263. The zero-order valence-corrected chi connectivity index (χ0v) is 20.7. The molecule has 11 nitrogen and oxygen atoms in total. The Hall–Kier alpha value is -2.69. The van der Waals surface area contributed by atoms with Gasteiger partial charge in [-0.2, -0.15) is 0 Å². The zero-order valence-electron chi connectivity index (χ0n) is 20.7. The quantitative estimate of drug-likeness (QED) is 0.202. The number of nitrogens with one attached hydrogen (secondary N) is 4. The summed E-state index contributed by atoms with van der Waals surface area (Å²) in [6, 6.07) is -3.93. The van der Waals surface area contributed by atoms with E-state index in [1.54, 1.807) is 20.8 Å². The van der Waals surface area contributed by atoms with Gasteiger partial charge in [-0.1, -0.05) is 48.0 Å². The summed E-state index contributed by atoms with van der Waals surface area (Å²) in [4.78, 5) is 61.4. The van der Waals surface area contributed by atoms with Crippen molar-refractivity contribution >= 4 is 29.6 Å². The van der Waals surface area contributed by atoms with Crippen LogP contribution in [0.3, 0.4) is 0 Å². The summed E-state index contributed by atoms with van der Waals surface area (Å²) < 4.78 is 0.